The maximum absolute atomic E-state index is 5.97. The number of hydrogen-bond donors (Lipinski definition) is 1. The number of hydrogen-bond acceptors (Lipinski definition) is 4. The Morgan fingerprint density at radius 3 is 3.13 bits per heavy atom. The van der Waals surface area contributed by atoms with Crippen LogP contribution in [0.2, 0.25) is 0 Å². The third-order valence-electron chi connectivity index (χ3n) is 4.00. The highest BCUT2D eigenvalue weighted by atomic mass is 16.7. The third-order valence-corrected chi connectivity index (χ3v) is 4.00. The molecule has 0 aromatic carbocycles. The average Bonchev–Trinajstić information content (AvgIpc) is 2.85. The van der Waals surface area contributed by atoms with E-state index in [1.165, 1.54) is 19.4 Å². The minimum Gasteiger partial charge on any atom is -0.347 e. The van der Waals surface area contributed by atoms with Gasteiger partial charge in [-0.05, 0) is 19.4 Å². The van der Waals surface area contributed by atoms with Crippen LogP contribution in [0.3, 0.4) is 0 Å². The van der Waals surface area contributed by atoms with Gasteiger partial charge in [-0.15, -0.1) is 0 Å². The molecule has 3 rings (SSSR count). The van der Waals surface area contributed by atoms with E-state index in [4.69, 9.17) is 15.2 Å². The van der Waals surface area contributed by atoms with Gasteiger partial charge in [0.15, 0.2) is 5.79 Å². The summed E-state index contributed by atoms with van der Waals surface area (Å²) in [6, 6.07) is 0.690. The molecule has 3 unspecified atom stereocenters. The molecule has 3 fully saturated rings. The first-order chi connectivity index (χ1) is 7.31. The fraction of sp³-hybridized carbons (Fsp3) is 1.00. The van der Waals surface area contributed by atoms with E-state index in [2.05, 4.69) is 4.90 Å². The second-order valence-electron chi connectivity index (χ2n) is 4.98. The van der Waals surface area contributed by atoms with E-state index in [9.17, 15) is 0 Å². The highest BCUT2D eigenvalue weighted by Gasteiger charge is 2.47. The first-order valence-corrected chi connectivity index (χ1v) is 6.07. The maximum Gasteiger partial charge on any atom is 0.171 e. The largest absolute Gasteiger partial charge is 0.347 e. The van der Waals surface area contributed by atoms with Crippen LogP contribution in [-0.4, -0.2) is 49.1 Å². The van der Waals surface area contributed by atoms with Crippen molar-refractivity contribution in [3.63, 3.8) is 0 Å². The molecule has 3 heterocycles. The van der Waals surface area contributed by atoms with Crippen molar-refractivity contribution in [2.45, 2.75) is 43.6 Å². The van der Waals surface area contributed by atoms with Gasteiger partial charge in [-0.25, -0.2) is 0 Å². The zero-order chi connectivity index (χ0) is 10.3. The molecule has 0 aromatic rings. The van der Waals surface area contributed by atoms with Crippen LogP contribution in [0.4, 0.5) is 0 Å². The molecule has 3 aliphatic heterocycles. The molecule has 4 heteroatoms. The van der Waals surface area contributed by atoms with Gasteiger partial charge in [0.25, 0.3) is 0 Å². The first kappa shape index (κ1) is 10.0. The average molecular weight is 212 g/mol. The third kappa shape index (κ3) is 1.69. The van der Waals surface area contributed by atoms with Gasteiger partial charge in [0.1, 0.15) is 0 Å². The summed E-state index contributed by atoms with van der Waals surface area (Å²) in [6.07, 6.45) is 4.82. The molecule has 3 atom stereocenters. The molecule has 0 saturated carbocycles. The molecule has 0 amide bonds. The number of rotatable bonds is 1. The van der Waals surface area contributed by atoms with Gasteiger partial charge in [0.05, 0.1) is 12.7 Å². The molecular formula is C11H20N2O2. The Bertz CT molecular complexity index is 249. The molecular weight excluding hydrogens is 192 g/mol. The van der Waals surface area contributed by atoms with Crippen molar-refractivity contribution in [1.29, 1.82) is 0 Å². The SMILES string of the molecule is NCC1COC2(CCN3CCCC3C2)O1. The summed E-state index contributed by atoms with van der Waals surface area (Å²) in [5.74, 6) is -0.282. The normalized spacial score (nSPS) is 46.2. The predicted molar refractivity (Wildman–Crippen MR) is 56.4 cm³/mol. The quantitative estimate of drug-likeness (QED) is 0.680. The molecule has 0 aromatic heterocycles. The Morgan fingerprint density at radius 2 is 2.33 bits per heavy atom. The fourth-order valence-corrected chi connectivity index (χ4v) is 3.17. The first-order valence-electron chi connectivity index (χ1n) is 6.07. The molecule has 1 spiro atoms. The number of nitrogens with two attached hydrogens (primary N) is 1. The summed E-state index contributed by atoms with van der Waals surface area (Å²) in [5.41, 5.74) is 5.62. The molecule has 15 heavy (non-hydrogen) atoms. The Hall–Kier alpha value is -0.160. The van der Waals surface area contributed by atoms with Gasteiger partial charge in [0.2, 0.25) is 0 Å². The van der Waals surface area contributed by atoms with Crippen LogP contribution in [0.15, 0.2) is 0 Å². The van der Waals surface area contributed by atoms with Crippen LogP contribution < -0.4 is 5.73 Å². The van der Waals surface area contributed by atoms with Crippen molar-refractivity contribution in [3.05, 3.63) is 0 Å². The topological polar surface area (TPSA) is 47.7 Å². The predicted octanol–water partition coefficient (Wildman–Crippen LogP) is 0.315. The van der Waals surface area contributed by atoms with Crippen molar-refractivity contribution in [2.24, 2.45) is 5.73 Å². The summed E-state index contributed by atoms with van der Waals surface area (Å²) < 4.78 is 11.8. The van der Waals surface area contributed by atoms with Gasteiger partial charge >= 0.3 is 0 Å². The lowest BCUT2D eigenvalue weighted by Crippen LogP contribution is -2.48. The molecule has 2 N–H and O–H groups in total. The zero-order valence-electron chi connectivity index (χ0n) is 9.15. The highest BCUT2D eigenvalue weighted by Crippen LogP contribution is 2.39. The second-order valence-corrected chi connectivity index (χ2v) is 4.98. The Labute approximate surface area is 90.7 Å². The van der Waals surface area contributed by atoms with Crippen molar-refractivity contribution in [3.8, 4) is 0 Å². The van der Waals surface area contributed by atoms with E-state index < -0.39 is 0 Å². The molecule has 3 saturated heterocycles. The number of fused-ring (bicyclic) bond motifs is 1. The Kier molecular flexibility index (Phi) is 2.47. The van der Waals surface area contributed by atoms with E-state index >= 15 is 0 Å². The molecule has 4 nitrogen and oxygen atoms in total. The number of piperidine rings is 1. The lowest BCUT2D eigenvalue weighted by molar-refractivity contribution is -0.201. The molecule has 0 bridgehead atoms. The minimum atomic E-state index is -0.282. The zero-order valence-corrected chi connectivity index (χ0v) is 9.15. The molecule has 0 aliphatic carbocycles. The van der Waals surface area contributed by atoms with Crippen molar-refractivity contribution >= 4 is 0 Å². The van der Waals surface area contributed by atoms with E-state index in [0.717, 1.165) is 19.4 Å². The summed E-state index contributed by atoms with van der Waals surface area (Å²) >= 11 is 0. The van der Waals surface area contributed by atoms with Crippen molar-refractivity contribution in [2.75, 3.05) is 26.2 Å². The van der Waals surface area contributed by atoms with E-state index in [1.54, 1.807) is 0 Å². The van der Waals surface area contributed by atoms with Gasteiger partial charge in [-0.3, -0.25) is 4.90 Å². The molecule has 0 radical (unpaired) electrons. The maximum atomic E-state index is 5.97. The monoisotopic (exact) mass is 212 g/mol. The van der Waals surface area contributed by atoms with Gasteiger partial charge < -0.3 is 15.2 Å². The molecule has 3 aliphatic rings. The highest BCUT2D eigenvalue weighted by molar-refractivity contribution is 4.93. The van der Waals surface area contributed by atoms with E-state index in [0.29, 0.717) is 19.2 Å². The lowest BCUT2D eigenvalue weighted by Gasteiger charge is -2.40. The lowest BCUT2D eigenvalue weighted by atomic mass is 9.96. The fourth-order valence-electron chi connectivity index (χ4n) is 3.17. The number of ether oxygens (including phenoxy) is 2. The van der Waals surface area contributed by atoms with Crippen LogP contribution >= 0.6 is 0 Å². The van der Waals surface area contributed by atoms with Gasteiger partial charge in [-0.1, -0.05) is 0 Å². The second kappa shape index (κ2) is 3.70. The van der Waals surface area contributed by atoms with E-state index in [1.807, 2.05) is 0 Å². The van der Waals surface area contributed by atoms with Crippen molar-refractivity contribution < 1.29 is 9.47 Å². The van der Waals surface area contributed by atoms with Gasteiger partial charge in [0, 0.05) is 32.0 Å². The standard InChI is InChI=1S/C11H20N2O2/c12-7-10-8-14-11(15-10)3-5-13-4-1-2-9(13)6-11/h9-10H,1-8,12H2. The Morgan fingerprint density at radius 1 is 1.40 bits per heavy atom. The minimum absolute atomic E-state index is 0.123. The van der Waals surface area contributed by atoms with Crippen LogP contribution in [-0.2, 0) is 9.47 Å². The van der Waals surface area contributed by atoms with E-state index in [-0.39, 0.29) is 11.9 Å². The van der Waals surface area contributed by atoms with Crippen LogP contribution in [0.5, 0.6) is 0 Å². The summed E-state index contributed by atoms with van der Waals surface area (Å²) in [6.45, 7) is 3.66. The summed E-state index contributed by atoms with van der Waals surface area (Å²) in [4.78, 5) is 2.58. The Balaban J connectivity index is 1.68. The van der Waals surface area contributed by atoms with Gasteiger partial charge in [-0.2, -0.15) is 0 Å². The number of nitrogens with zero attached hydrogens (tertiary/aromatic N) is 1. The summed E-state index contributed by atoms with van der Waals surface area (Å²) in [5, 5.41) is 0. The van der Waals surface area contributed by atoms with Crippen LogP contribution in [0, 0.1) is 0 Å². The smallest absolute Gasteiger partial charge is 0.171 e. The molecule has 86 valence electrons. The van der Waals surface area contributed by atoms with Crippen LogP contribution in [0.1, 0.15) is 25.7 Å². The van der Waals surface area contributed by atoms with Crippen molar-refractivity contribution in [1.82, 2.24) is 4.90 Å². The summed E-state index contributed by atoms with van der Waals surface area (Å²) in [7, 11) is 0. The van der Waals surface area contributed by atoms with Crippen LogP contribution in [0.25, 0.3) is 0 Å².